The minimum absolute atomic E-state index is 0.0155. The quantitative estimate of drug-likeness (QED) is 0.620. The lowest BCUT2D eigenvalue weighted by Crippen LogP contribution is -2.57. The number of ketones is 1. The van der Waals surface area contributed by atoms with Crippen molar-refractivity contribution >= 4 is 29.4 Å². The van der Waals surface area contributed by atoms with Crippen molar-refractivity contribution in [2.24, 2.45) is 11.7 Å². The third-order valence-corrected chi connectivity index (χ3v) is 6.02. The summed E-state index contributed by atoms with van der Waals surface area (Å²) in [5, 5.41) is 5.60. The minimum atomic E-state index is -0.769. The molecule has 27 heavy (non-hydrogen) atoms. The highest BCUT2D eigenvalue weighted by atomic mass is 32.2. The Labute approximate surface area is 165 Å². The first-order valence-electron chi connectivity index (χ1n) is 9.43. The molecule has 1 fully saturated rings. The molecule has 1 unspecified atom stereocenters. The minimum Gasteiger partial charge on any atom is -0.344 e. The second kappa shape index (κ2) is 10.5. The van der Waals surface area contributed by atoms with Crippen LogP contribution in [0.3, 0.4) is 0 Å². The third-order valence-electron chi connectivity index (χ3n) is 4.96. The Morgan fingerprint density at radius 1 is 1.26 bits per heavy atom. The number of hydrogen-bond donors (Lipinski definition) is 3. The first-order valence-corrected chi connectivity index (χ1v) is 10.6. The highest BCUT2D eigenvalue weighted by Crippen LogP contribution is 2.15. The second-order valence-electron chi connectivity index (χ2n) is 7.01. The normalized spacial score (nSPS) is 20.4. The van der Waals surface area contributed by atoms with Crippen molar-refractivity contribution in [1.29, 1.82) is 0 Å². The number of nitrogens with one attached hydrogen (secondary N) is 2. The van der Waals surface area contributed by atoms with Crippen LogP contribution >= 0.6 is 11.8 Å². The smallest absolute Gasteiger partial charge is 0.243 e. The number of carbonyl (C=O) groups excluding carboxylic acids is 3. The lowest BCUT2D eigenvalue weighted by molar-refractivity contribution is -0.132. The van der Waals surface area contributed by atoms with E-state index >= 15 is 0 Å². The number of amides is 2. The monoisotopic (exact) mass is 391 g/mol. The maximum absolute atomic E-state index is 12.8. The molecule has 2 amide bonds. The molecule has 1 heterocycles. The van der Waals surface area contributed by atoms with E-state index in [1.807, 2.05) is 44.2 Å². The van der Waals surface area contributed by atoms with Gasteiger partial charge in [0, 0.05) is 24.3 Å². The molecule has 1 saturated heterocycles. The molecule has 0 radical (unpaired) electrons. The Balaban J connectivity index is 2.09. The van der Waals surface area contributed by atoms with E-state index in [1.54, 1.807) is 11.8 Å². The number of rotatable bonds is 8. The van der Waals surface area contributed by atoms with Gasteiger partial charge in [-0.15, -0.1) is 0 Å². The fourth-order valence-electron chi connectivity index (χ4n) is 2.87. The molecule has 1 aromatic carbocycles. The van der Waals surface area contributed by atoms with Crippen molar-refractivity contribution in [1.82, 2.24) is 10.6 Å². The Hall–Kier alpha value is -1.86. The standard InChI is InChI=1S/C20H29N3O3S/c1-3-13(2)18(21)20(26)22-15(11-14-7-5-4-6-8-14)19(25)23-16-12-27-10-9-17(16)24/h4-8,13,15-16,18H,3,9-12,21H2,1-2H3,(H,22,26)(H,23,25)/t13-,15-,16?,18+/m0/s1. The van der Waals surface area contributed by atoms with E-state index in [0.29, 0.717) is 18.6 Å². The van der Waals surface area contributed by atoms with Crippen LogP contribution in [0.4, 0.5) is 0 Å². The van der Waals surface area contributed by atoms with Gasteiger partial charge in [-0.1, -0.05) is 50.6 Å². The van der Waals surface area contributed by atoms with Gasteiger partial charge in [0.1, 0.15) is 6.04 Å². The molecule has 0 bridgehead atoms. The van der Waals surface area contributed by atoms with Crippen molar-refractivity contribution in [3.63, 3.8) is 0 Å². The third kappa shape index (κ3) is 6.36. The molecule has 4 atom stereocenters. The molecule has 0 aliphatic carbocycles. The highest BCUT2D eigenvalue weighted by Gasteiger charge is 2.30. The topological polar surface area (TPSA) is 101 Å². The van der Waals surface area contributed by atoms with Crippen molar-refractivity contribution in [3.8, 4) is 0 Å². The summed E-state index contributed by atoms with van der Waals surface area (Å²) in [5.74, 6) is 0.737. The molecule has 7 heteroatoms. The number of hydrogen-bond acceptors (Lipinski definition) is 5. The number of nitrogens with two attached hydrogens (primary N) is 1. The van der Waals surface area contributed by atoms with E-state index in [-0.39, 0.29) is 23.5 Å². The first-order chi connectivity index (χ1) is 12.9. The zero-order valence-electron chi connectivity index (χ0n) is 15.9. The van der Waals surface area contributed by atoms with Gasteiger partial charge in [0.15, 0.2) is 5.78 Å². The predicted molar refractivity (Wildman–Crippen MR) is 108 cm³/mol. The van der Waals surface area contributed by atoms with E-state index < -0.39 is 18.1 Å². The van der Waals surface area contributed by atoms with Gasteiger partial charge in [-0.2, -0.15) is 11.8 Å². The summed E-state index contributed by atoms with van der Waals surface area (Å²) in [6.07, 6.45) is 1.59. The van der Waals surface area contributed by atoms with Gasteiger partial charge in [0.05, 0.1) is 12.1 Å². The summed E-state index contributed by atoms with van der Waals surface area (Å²) >= 11 is 1.65. The van der Waals surface area contributed by atoms with Crippen LogP contribution in [0.2, 0.25) is 0 Å². The molecule has 4 N–H and O–H groups in total. The van der Waals surface area contributed by atoms with Crippen LogP contribution in [0.5, 0.6) is 0 Å². The van der Waals surface area contributed by atoms with Crippen molar-refractivity contribution in [2.45, 2.75) is 51.2 Å². The van der Waals surface area contributed by atoms with Crippen LogP contribution in [0.1, 0.15) is 32.3 Å². The van der Waals surface area contributed by atoms with E-state index in [1.165, 1.54) is 0 Å². The van der Waals surface area contributed by atoms with Gasteiger partial charge < -0.3 is 16.4 Å². The summed E-state index contributed by atoms with van der Waals surface area (Å²) in [6.45, 7) is 3.88. The van der Waals surface area contributed by atoms with Crippen LogP contribution in [0.15, 0.2) is 30.3 Å². The average Bonchev–Trinajstić information content (AvgIpc) is 2.68. The number of thioether (sulfide) groups is 1. The van der Waals surface area contributed by atoms with Gasteiger partial charge in [-0.3, -0.25) is 14.4 Å². The zero-order valence-corrected chi connectivity index (χ0v) is 16.8. The summed E-state index contributed by atoms with van der Waals surface area (Å²) in [6, 6.07) is 7.55. The fraction of sp³-hybridized carbons (Fsp3) is 0.550. The van der Waals surface area contributed by atoms with Crippen LogP contribution in [-0.2, 0) is 20.8 Å². The van der Waals surface area contributed by atoms with E-state index in [2.05, 4.69) is 10.6 Å². The SMILES string of the molecule is CC[C@H](C)[C@@H](N)C(=O)N[C@@H](Cc1ccccc1)C(=O)NC1CSCCC1=O. The zero-order chi connectivity index (χ0) is 19.8. The first kappa shape index (κ1) is 21.4. The van der Waals surface area contributed by atoms with Crippen LogP contribution in [-0.4, -0.2) is 47.2 Å². The van der Waals surface area contributed by atoms with E-state index in [4.69, 9.17) is 5.73 Å². The lowest BCUT2D eigenvalue weighted by atomic mass is 9.98. The molecule has 2 rings (SSSR count). The molecule has 0 aromatic heterocycles. The molecular weight excluding hydrogens is 362 g/mol. The molecule has 0 spiro atoms. The Kier molecular flexibility index (Phi) is 8.31. The Bertz CT molecular complexity index is 653. The molecule has 6 nitrogen and oxygen atoms in total. The largest absolute Gasteiger partial charge is 0.344 e. The molecule has 1 aliphatic rings. The fourth-order valence-corrected chi connectivity index (χ4v) is 3.89. The van der Waals surface area contributed by atoms with Crippen LogP contribution in [0.25, 0.3) is 0 Å². The Morgan fingerprint density at radius 2 is 1.96 bits per heavy atom. The van der Waals surface area contributed by atoms with E-state index in [0.717, 1.165) is 17.7 Å². The van der Waals surface area contributed by atoms with Crippen molar-refractivity contribution < 1.29 is 14.4 Å². The molecule has 148 valence electrons. The number of carbonyl (C=O) groups is 3. The molecule has 0 saturated carbocycles. The molecular formula is C20H29N3O3S. The van der Waals surface area contributed by atoms with Gasteiger partial charge in [-0.25, -0.2) is 0 Å². The highest BCUT2D eigenvalue weighted by molar-refractivity contribution is 7.99. The maximum Gasteiger partial charge on any atom is 0.243 e. The Morgan fingerprint density at radius 3 is 2.59 bits per heavy atom. The molecule has 1 aromatic rings. The molecule has 1 aliphatic heterocycles. The van der Waals surface area contributed by atoms with Gasteiger partial charge in [0.2, 0.25) is 11.8 Å². The summed E-state index contributed by atoms with van der Waals surface area (Å²) in [5.41, 5.74) is 6.95. The number of benzene rings is 1. The maximum atomic E-state index is 12.8. The lowest BCUT2D eigenvalue weighted by Gasteiger charge is -2.26. The van der Waals surface area contributed by atoms with Gasteiger partial charge in [0.25, 0.3) is 0 Å². The van der Waals surface area contributed by atoms with Gasteiger partial charge in [-0.05, 0) is 11.5 Å². The average molecular weight is 392 g/mol. The van der Waals surface area contributed by atoms with E-state index in [9.17, 15) is 14.4 Å². The summed E-state index contributed by atoms with van der Waals surface area (Å²) < 4.78 is 0. The van der Waals surface area contributed by atoms with Crippen LogP contribution in [0, 0.1) is 5.92 Å². The second-order valence-corrected chi connectivity index (χ2v) is 8.16. The summed E-state index contributed by atoms with van der Waals surface area (Å²) in [4.78, 5) is 37.4. The van der Waals surface area contributed by atoms with Crippen molar-refractivity contribution in [2.75, 3.05) is 11.5 Å². The summed E-state index contributed by atoms with van der Waals surface area (Å²) in [7, 11) is 0. The number of Topliss-reactive ketones (excluding diaryl/α,β-unsaturated/α-hetero) is 1. The van der Waals surface area contributed by atoms with Crippen LogP contribution < -0.4 is 16.4 Å². The van der Waals surface area contributed by atoms with Crippen molar-refractivity contribution in [3.05, 3.63) is 35.9 Å². The van der Waals surface area contributed by atoms with Gasteiger partial charge >= 0.3 is 0 Å². The predicted octanol–water partition coefficient (Wildman–Crippen LogP) is 1.28.